The summed E-state index contributed by atoms with van der Waals surface area (Å²) in [5.41, 5.74) is 7.41. The summed E-state index contributed by atoms with van der Waals surface area (Å²) >= 11 is 6.04. The third-order valence-corrected chi connectivity index (χ3v) is 5.49. The molecule has 0 radical (unpaired) electrons. The fraction of sp³-hybridized carbons (Fsp3) is 0.318. The van der Waals surface area contributed by atoms with Gasteiger partial charge in [-0.3, -0.25) is 4.79 Å². The van der Waals surface area contributed by atoms with Crippen LogP contribution in [0, 0.1) is 5.82 Å². The van der Waals surface area contributed by atoms with E-state index in [9.17, 15) is 9.18 Å². The van der Waals surface area contributed by atoms with E-state index < -0.39 is 6.04 Å². The highest BCUT2D eigenvalue weighted by Gasteiger charge is 2.34. The van der Waals surface area contributed by atoms with Crippen molar-refractivity contribution in [3.05, 3.63) is 70.8 Å². The summed E-state index contributed by atoms with van der Waals surface area (Å²) in [6, 6.07) is 12.9. The topological polar surface area (TPSA) is 85.3 Å². The van der Waals surface area contributed by atoms with E-state index >= 15 is 0 Å². The van der Waals surface area contributed by atoms with Crippen molar-refractivity contribution in [2.45, 2.75) is 37.8 Å². The van der Waals surface area contributed by atoms with E-state index in [4.69, 9.17) is 21.9 Å². The summed E-state index contributed by atoms with van der Waals surface area (Å²) < 4.78 is 19.3. The van der Waals surface area contributed by atoms with Crippen LogP contribution in [0.1, 0.15) is 36.8 Å². The van der Waals surface area contributed by atoms with Crippen molar-refractivity contribution in [1.29, 1.82) is 0 Å². The summed E-state index contributed by atoms with van der Waals surface area (Å²) in [7, 11) is 0. The zero-order valence-corrected chi connectivity index (χ0v) is 18.3. The van der Waals surface area contributed by atoms with Crippen LogP contribution in [0.4, 0.5) is 4.39 Å². The molecular weight excluding hydrogens is 442 g/mol. The third kappa shape index (κ3) is 5.42. The molecule has 0 unspecified atom stereocenters. The molecule has 0 bridgehead atoms. The number of nitrogens with zero attached hydrogens (tertiary/aromatic N) is 3. The monoisotopic (exact) mass is 464 g/mol. The van der Waals surface area contributed by atoms with Crippen LogP contribution in [0.3, 0.4) is 0 Å². The van der Waals surface area contributed by atoms with Gasteiger partial charge in [0, 0.05) is 29.6 Å². The van der Waals surface area contributed by atoms with Gasteiger partial charge in [0.15, 0.2) is 0 Å². The number of amides is 1. The maximum atomic E-state index is 13.9. The van der Waals surface area contributed by atoms with Crippen LogP contribution < -0.4 is 5.73 Å². The van der Waals surface area contributed by atoms with Crippen LogP contribution in [0.25, 0.3) is 11.4 Å². The predicted octanol–water partition coefficient (Wildman–Crippen LogP) is 4.57. The van der Waals surface area contributed by atoms with Crippen molar-refractivity contribution >= 4 is 29.9 Å². The van der Waals surface area contributed by atoms with Gasteiger partial charge in [-0.1, -0.05) is 47.1 Å². The van der Waals surface area contributed by atoms with Crippen LogP contribution >= 0.6 is 24.0 Å². The van der Waals surface area contributed by atoms with Crippen molar-refractivity contribution in [2.75, 3.05) is 6.54 Å². The smallest absolute Gasteiger partial charge is 0.249 e. The summed E-state index contributed by atoms with van der Waals surface area (Å²) in [6.07, 6.45) is 2.01. The van der Waals surface area contributed by atoms with Gasteiger partial charge in [0.1, 0.15) is 11.9 Å². The van der Waals surface area contributed by atoms with Crippen molar-refractivity contribution in [2.24, 2.45) is 5.73 Å². The molecule has 1 amide bonds. The second-order valence-electron chi connectivity index (χ2n) is 7.47. The third-order valence-electron chi connectivity index (χ3n) is 5.26. The second-order valence-corrected chi connectivity index (χ2v) is 7.91. The summed E-state index contributed by atoms with van der Waals surface area (Å²) in [5, 5.41) is 4.63. The summed E-state index contributed by atoms with van der Waals surface area (Å²) in [6.45, 7) is 0.602. The molecule has 0 saturated carbocycles. The molecule has 2 aromatic carbocycles. The first-order valence-electron chi connectivity index (χ1n) is 9.89. The van der Waals surface area contributed by atoms with E-state index in [0.717, 1.165) is 18.4 Å². The average Bonchev–Trinajstić information content (AvgIpc) is 3.39. The Kier molecular flexibility index (Phi) is 7.64. The number of nitrogens with two attached hydrogens (primary N) is 1. The minimum absolute atomic E-state index is 0. The normalized spacial score (nSPS) is 16.7. The summed E-state index contributed by atoms with van der Waals surface area (Å²) in [5.74, 6) is 0.434. The van der Waals surface area contributed by atoms with Gasteiger partial charge >= 0.3 is 0 Å². The van der Waals surface area contributed by atoms with Crippen molar-refractivity contribution in [3.63, 3.8) is 0 Å². The molecule has 4 rings (SSSR count). The SMILES string of the molecule is Cl.N[C@@H](CC(=O)N1CCC[C@@H]1c1nc(-c2cccc(Cl)c2)no1)Cc1ccccc1F. The van der Waals surface area contributed by atoms with Crippen LogP contribution in [-0.2, 0) is 11.2 Å². The second kappa shape index (κ2) is 10.2. The Balaban J connectivity index is 0.00000272. The maximum Gasteiger partial charge on any atom is 0.249 e. The molecule has 2 N–H and O–H groups in total. The van der Waals surface area contributed by atoms with Crippen LogP contribution in [0.2, 0.25) is 5.02 Å². The quantitative estimate of drug-likeness (QED) is 0.576. The molecule has 0 spiro atoms. The number of carbonyl (C=O) groups is 1. The minimum Gasteiger partial charge on any atom is -0.337 e. The first kappa shape index (κ1) is 23.2. The zero-order valence-electron chi connectivity index (χ0n) is 16.7. The Labute approximate surface area is 191 Å². The van der Waals surface area contributed by atoms with Gasteiger partial charge in [-0.05, 0) is 43.0 Å². The number of hydrogen-bond acceptors (Lipinski definition) is 5. The number of carbonyl (C=O) groups excluding carboxylic acids is 1. The Hall–Kier alpha value is -2.48. The van der Waals surface area contributed by atoms with E-state index in [1.165, 1.54) is 6.07 Å². The Morgan fingerprint density at radius 2 is 2.10 bits per heavy atom. The van der Waals surface area contributed by atoms with Crippen LogP contribution in [0.15, 0.2) is 53.1 Å². The molecule has 0 aliphatic carbocycles. The number of halogens is 3. The van der Waals surface area contributed by atoms with E-state index in [0.29, 0.717) is 35.3 Å². The van der Waals surface area contributed by atoms with E-state index in [1.807, 2.05) is 12.1 Å². The van der Waals surface area contributed by atoms with Gasteiger partial charge < -0.3 is 15.2 Å². The Morgan fingerprint density at radius 3 is 2.87 bits per heavy atom. The molecule has 1 aliphatic heterocycles. The molecule has 1 saturated heterocycles. The number of rotatable bonds is 6. The van der Waals surface area contributed by atoms with E-state index in [2.05, 4.69) is 10.1 Å². The van der Waals surface area contributed by atoms with E-state index in [1.54, 1.807) is 35.2 Å². The predicted molar refractivity (Wildman–Crippen MR) is 118 cm³/mol. The molecule has 31 heavy (non-hydrogen) atoms. The van der Waals surface area contributed by atoms with Gasteiger partial charge in [-0.15, -0.1) is 12.4 Å². The van der Waals surface area contributed by atoms with Crippen LogP contribution in [-0.4, -0.2) is 33.5 Å². The highest BCUT2D eigenvalue weighted by Crippen LogP contribution is 2.33. The molecule has 6 nitrogen and oxygen atoms in total. The Morgan fingerprint density at radius 1 is 1.29 bits per heavy atom. The highest BCUT2D eigenvalue weighted by molar-refractivity contribution is 6.30. The standard InChI is InChI=1S/C22H22ClFN4O2.ClH/c23-16-7-3-6-15(11-16)21-26-22(30-27-21)19-9-4-10-28(19)20(29)13-17(25)12-14-5-1-2-8-18(14)24;/h1-3,5-8,11,17,19H,4,9-10,12-13,25H2;1H/t17-,19-;/m1./s1. The molecule has 9 heteroatoms. The lowest BCUT2D eigenvalue weighted by Crippen LogP contribution is -2.36. The van der Waals surface area contributed by atoms with Gasteiger partial charge in [0.25, 0.3) is 0 Å². The Bertz CT molecular complexity index is 1050. The van der Waals surface area contributed by atoms with Gasteiger partial charge in [0.2, 0.25) is 17.6 Å². The molecule has 2 heterocycles. The maximum absolute atomic E-state index is 13.9. The highest BCUT2D eigenvalue weighted by atomic mass is 35.5. The van der Waals surface area contributed by atoms with Gasteiger partial charge in [0.05, 0.1) is 0 Å². The molecule has 3 aromatic rings. The minimum atomic E-state index is -0.472. The lowest BCUT2D eigenvalue weighted by Gasteiger charge is -2.23. The molecule has 1 aromatic heterocycles. The number of likely N-dealkylation sites (tertiary alicyclic amines) is 1. The molecule has 1 fully saturated rings. The molecule has 1 aliphatic rings. The first-order valence-corrected chi connectivity index (χ1v) is 10.3. The fourth-order valence-electron chi connectivity index (χ4n) is 3.80. The van der Waals surface area contributed by atoms with Crippen molar-refractivity contribution in [3.8, 4) is 11.4 Å². The fourth-order valence-corrected chi connectivity index (χ4v) is 3.99. The molecule has 164 valence electrons. The lowest BCUT2D eigenvalue weighted by molar-refractivity contribution is -0.132. The summed E-state index contributed by atoms with van der Waals surface area (Å²) in [4.78, 5) is 19.1. The number of benzene rings is 2. The zero-order chi connectivity index (χ0) is 21.1. The van der Waals surface area contributed by atoms with Gasteiger partial charge in [-0.25, -0.2) is 4.39 Å². The van der Waals surface area contributed by atoms with Gasteiger partial charge in [-0.2, -0.15) is 4.98 Å². The van der Waals surface area contributed by atoms with Crippen LogP contribution in [0.5, 0.6) is 0 Å². The number of aromatic nitrogens is 2. The average molecular weight is 465 g/mol. The van der Waals surface area contributed by atoms with Crippen molar-refractivity contribution < 1.29 is 13.7 Å². The van der Waals surface area contributed by atoms with Crippen molar-refractivity contribution in [1.82, 2.24) is 15.0 Å². The first-order chi connectivity index (χ1) is 14.5. The molecule has 2 atom stereocenters. The van der Waals surface area contributed by atoms with E-state index in [-0.39, 0.29) is 36.6 Å². The molecular formula is C22H23Cl2FN4O2. The number of hydrogen-bond donors (Lipinski definition) is 1. The lowest BCUT2D eigenvalue weighted by atomic mass is 10.0. The largest absolute Gasteiger partial charge is 0.337 e.